The average Bonchev–Trinajstić information content (AvgIpc) is 3.71. The quantitative estimate of drug-likeness (QED) is 0.0889. The van der Waals surface area contributed by atoms with Crippen molar-refractivity contribution in [1.29, 1.82) is 0 Å². The smallest absolute Gasteiger partial charge is 0.0805 e. The van der Waals surface area contributed by atoms with Gasteiger partial charge in [0.2, 0.25) is 0 Å². The van der Waals surface area contributed by atoms with E-state index in [9.17, 15) is 0 Å². The Morgan fingerprint density at radius 1 is 0.405 bits per heavy atom. The first kappa shape index (κ1) is 32.6. The summed E-state index contributed by atoms with van der Waals surface area (Å²) in [6.45, 7) is 4.57. The molecule has 0 radical (unpaired) electrons. The Bertz CT molecular complexity index is 1190. The zero-order chi connectivity index (χ0) is 29.2. The molecule has 0 atom stereocenters. The fourth-order valence-corrected chi connectivity index (χ4v) is 7.65. The molecular weight excluding hydrogens is 549 g/mol. The molecule has 0 aromatic carbocycles. The van der Waals surface area contributed by atoms with Crippen molar-refractivity contribution in [2.45, 2.75) is 129 Å². The Morgan fingerprint density at radius 2 is 0.762 bits per heavy atom. The second-order valence-electron chi connectivity index (χ2n) is 11.8. The number of nitrogens with zero attached hydrogens (tertiary/aromatic N) is 2. The van der Waals surface area contributed by atoms with Crippen molar-refractivity contribution in [1.82, 2.24) is 9.97 Å². The van der Waals surface area contributed by atoms with E-state index < -0.39 is 0 Å². The molecule has 0 saturated carbocycles. The second-order valence-corrected chi connectivity index (χ2v) is 14.0. The highest BCUT2D eigenvalue weighted by atomic mass is 32.1. The van der Waals surface area contributed by atoms with Crippen molar-refractivity contribution >= 4 is 22.7 Å². The lowest BCUT2D eigenvalue weighted by Gasteiger charge is -2.04. The van der Waals surface area contributed by atoms with Crippen molar-refractivity contribution in [2.24, 2.45) is 0 Å². The predicted octanol–water partition coefficient (Wildman–Crippen LogP) is 13.0. The van der Waals surface area contributed by atoms with Crippen LogP contribution in [0, 0.1) is 0 Å². The second kappa shape index (κ2) is 19.1. The molecule has 0 aliphatic rings. The number of pyridine rings is 2. The highest BCUT2D eigenvalue weighted by Gasteiger charge is 2.11. The van der Waals surface area contributed by atoms with Crippen LogP contribution in [-0.2, 0) is 12.8 Å². The molecule has 0 N–H and O–H groups in total. The Hall–Kier alpha value is -2.30. The van der Waals surface area contributed by atoms with Gasteiger partial charge in [-0.2, -0.15) is 0 Å². The van der Waals surface area contributed by atoms with Crippen molar-refractivity contribution in [3.8, 4) is 30.9 Å². The summed E-state index contributed by atoms with van der Waals surface area (Å²) in [5.74, 6) is 0. The molecule has 4 rings (SSSR count). The van der Waals surface area contributed by atoms with Gasteiger partial charge in [-0.3, -0.25) is 9.97 Å². The highest BCUT2D eigenvalue weighted by molar-refractivity contribution is 7.25. The molecule has 0 aliphatic carbocycles. The summed E-state index contributed by atoms with van der Waals surface area (Å²) >= 11 is 3.70. The third-order valence-electron chi connectivity index (χ3n) is 8.15. The van der Waals surface area contributed by atoms with E-state index in [1.807, 2.05) is 22.7 Å². The number of thiophene rings is 2. The zero-order valence-corrected chi connectivity index (χ0v) is 27.8. The van der Waals surface area contributed by atoms with E-state index in [0.717, 1.165) is 24.2 Å². The van der Waals surface area contributed by atoms with Gasteiger partial charge >= 0.3 is 0 Å². The maximum atomic E-state index is 5.03. The van der Waals surface area contributed by atoms with Crippen LogP contribution in [0.1, 0.15) is 128 Å². The third-order valence-corrected chi connectivity index (χ3v) is 10.6. The molecule has 4 aromatic rings. The van der Waals surface area contributed by atoms with Crippen LogP contribution in [0.4, 0.5) is 0 Å². The summed E-state index contributed by atoms with van der Waals surface area (Å²) in [5, 5.41) is 0. The molecular formula is C38H52N2S2. The Balaban J connectivity index is 1.26. The maximum Gasteiger partial charge on any atom is 0.0805 e. The minimum Gasteiger partial charge on any atom is -0.252 e. The first-order valence-corrected chi connectivity index (χ1v) is 18.5. The van der Waals surface area contributed by atoms with Gasteiger partial charge in [0.1, 0.15) is 0 Å². The number of aromatic nitrogens is 2. The summed E-state index contributed by atoms with van der Waals surface area (Å²) in [5.41, 5.74) is 4.67. The molecule has 4 heterocycles. The molecule has 0 fully saturated rings. The van der Waals surface area contributed by atoms with E-state index in [0.29, 0.717) is 0 Å². The summed E-state index contributed by atoms with van der Waals surface area (Å²) in [6, 6.07) is 22.1. The first-order valence-electron chi connectivity index (χ1n) is 16.9. The van der Waals surface area contributed by atoms with Crippen LogP contribution in [-0.4, -0.2) is 9.97 Å². The standard InChI is InChI=1S/C38H52N2S2/c1-3-5-7-9-11-13-15-17-21-31-23-19-25-33(39-31)35-27-29-37(41-35)38-30-28-36(42-38)34-26-20-24-32(40-34)22-18-16-14-12-10-8-6-4-2/h19-20,23-30H,3-18,21-22H2,1-2H3. The molecule has 42 heavy (non-hydrogen) atoms. The summed E-state index contributed by atoms with van der Waals surface area (Å²) in [6.07, 6.45) is 23.8. The molecule has 0 aliphatic heterocycles. The van der Waals surface area contributed by atoms with Crippen LogP contribution in [0.5, 0.6) is 0 Å². The molecule has 0 saturated heterocycles. The van der Waals surface area contributed by atoms with E-state index in [1.54, 1.807) is 0 Å². The van der Waals surface area contributed by atoms with Crippen molar-refractivity contribution < 1.29 is 0 Å². The van der Waals surface area contributed by atoms with Gasteiger partial charge in [-0.1, -0.05) is 116 Å². The minimum absolute atomic E-state index is 1.08. The Kier molecular flexibility index (Phi) is 14.8. The Labute approximate surface area is 264 Å². The predicted molar refractivity (Wildman–Crippen MR) is 187 cm³/mol. The number of hydrogen-bond acceptors (Lipinski definition) is 4. The fourth-order valence-electron chi connectivity index (χ4n) is 5.61. The molecule has 4 heteroatoms. The van der Waals surface area contributed by atoms with Crippen LogP contribution in [0.3, 0.4) is 0 Å². The lowest BCUT2D eigenvalue weighted by Crippen LogP contribution is -1.92. The van der Waals surface area contributed by atoms with Crippen molar-refractivity contribution in [2.75, 3.05) is 0 Å². The lowest BCUT2D eigenvalue weighted by atomic mass is 10.1. The van der Waals surface area contributed by atoms with Gasteiger partial charge in [-0.05, 0) is 74.2 Å². The Morgan fingerprint density at radius 3 is 1.17 bits per heavy atom. The fraction of sp³-hybridized carbons (Fsp3) is 0.526. The largest absolute Gasteiger partial charge is 0.252 e. The highest BCUT2D eigenvalue weighted by Crippen LogP contribution is 2.39. The molecule has 2 nitrogen and oxygen atoms in total. The van der Waals surface area contributed by atoms with Gasteiger partial charge in [0.05, 0.1) is 21.1 Å². The molecule has 226 valence electrons. The van der Waals surface area contributed by atoms with Gasteiger partial charge in [-0.15, -0.1) is 22.7 Å². The SMILES string of the molecule is CCCCCCCCCCc1cccc(-c2ccc(-c3ccc(-c4cccc(CCCCCCCCCC)n4)s3)s2)n1. The van der Waals surface area contributed by atoms with Crippen molar-refractivity contribution in [3.63, 3.8) is 0 Å². The van der Waals surface area contributed by atoms with Gasteiger partial charge in [-0.25, -0.2) is 0 Å². The lowest BCUT2D eigenvalue weighted by molar-refractivity contribution is 0.574. The number of unbranched alkanes of at least 4 members (excludes halogenated alkanes) is 14. The summed E-state index contributed by atoms with van der Waals surface area (Å²) in [4.78, 5) is 15.2. The first-order chi connectivity index (χ1) is 20.8. The topological polar surface area (TPSA) is 25.8 Å². The van der Waals surface area contributed by atoms with Crippen LogP contribution in [0.25, 0.3) is 30.9 Å². The van der Waals surface area contributed by atoms with Gasteiger partial charge in [0, 0.05) is 21.1 Å². The summed E-state index contributed by atoms with van der Waals surface area (Å²) < 4.78 is 0. The van der Waals surface area contributed by atoms with E-state index in [4.69, 9.17) is 9.97 Å². The number of hydrogen-bond donors (Lipinski definition) is 0. The maximum absolute atomic E-state index is 5.03. The van der Waals surface area contributed by atoms with Crippen LogP contribution >= 0.6 is 22.7 Å². The molecule has 0 unspecified atom stereocenters. The van der Waals surface area contributed by atoms with Gasteiger partial charge < -0.3 is 0 Å². The van der Waals surface area contributed by atoms with Gasteiger partial charge in [0.25, 0.3) is 0 Å². The number of aryl methyl sites for hydroxylation is 2. The average molecular weight is 601 g/mol. The normalized spacial score (nSPS) is 11.4. The van der Waals surface area contributed by atoms with Crippen LogP contribution < -0.4 is 0 Å². The minimum atomic E-state index is 1.08. The van der Waals surface area contributed by atoms with E-state index in [-0.39, 0.29) is 0 Å². The monoisotopic (exact) mass is 600 g/mol. The van der Waals surface area contributed by atoms with Crippen LogP contribution in [0.2, 0.25) is 0 Å². The van der Waals surface area contributed by atoms with E-state index in [1.165, 1.54) is 134 Å². The van der Waals surface area contributed by atoms with Crippen LogP contribution in [0.15, 0.2) is 60.7 Å². The van der Waals surface area contributed by atoms with Gasteiger partial charge in [0.15, 0.2) is 0 Å². The molecule has 4 aromatic heterocycles. The molecule has 0 bridgehead atoms. The van der Waals surface area contributed by atoms with E-state index >= 15 is 0 Å². The number of rotatable bonds is 21. The zero-order valence-electron chi connectivity index (χ0n) is 26.2. The molecule has 0 spiro atoms. The van der Waals surface area contributed by atoms with Crippen molar-refractivity contribution in [3.05, 3.63) is 72.1 Å². The molecule has 0 amide bonds. The summed E-state index contributed by atoms with van der Waals surface area (Å²) in [7, 11) is 0. The van der Waals surface area contributed by atoms with E-state index in [2.05, 4.69) is 74.5 Å². The third kappa shape index (κ3) is 11.1.